The normalized spacial score (nSPS) is 10.7. The van der Waals surface area contributed by atoms with Gasteiger partial charge in [0.25, 0.3) is 0 Å². The summed E-state index contributed by atoms with van der Waals surface area (Å²) < 4.78 is 2.94. The molecule has 0 saturated carbocycles. The van der Waals surface area contributed by atoms with Crippen molar-refractivity contribution in [2.45, 2.75) is 0 Å². The van der Waals surface area contributed by atoms with Gasteiger partial charge in [-0.3, -0.25) is 0 Å². The van der Waals surface area contributed by atoms with Gasteiger partial charge in [-0.2, -0.15) is 0 Å². The maximum Gasteiger partial charge on any atom is 0.337 e. The van der Waals surface area contributed by atoms with Crippen LogP contribution >= 0.6 is 56.5 Å². The Labute approximate surface area is 112 Å². The molecule has 2 aromatic rings. The summed E-state index contributed by atoms with van der Waals surface area (Å²) in [6, 6.07) is 5.72. The molecule has 0 atom stereocenters. The van der Waals surface area contributed by atoms with Gasteiger partial charge in [-0.1, -0.05) is 0 Å². The van der Waals surface area contributed by atoms with Gasteiger partial charge in [-0.05, 0) is 68.8 Å². The van der Waals surface area contributed by atoms with Gasteiger partial charge in [-0.15, -0.1) is 11.3 Å². The highest BCUT2D eigenvalue weighted by Gasteiger charge is 2.12. The number of halogens is 2. The fourth-order valence-electron chi connectivity index (χ4n) is 1.24. The summed E-state index contributed by atoms with van der Waals surface area (Å²) in [5, 5.41) is 10.0. The van der Waals surface area contributed by atoms with Crippen LogP contribution in [-0.4, -0.2) is 11.1 Å². The van der Waals surface area contributed by atoms with E-state index in [-0.39, 0.29) is 0 Å². The first kappa shape index (κ1) is 10.6. The lowest BCUT2D eigenvalue weighted by Crippen LogP contribution is -1.96. The second-order valence-corrected chi connectivity index (χ2v) is 6.92. The molecule has 0 bridgehead atoms. The van der Waals surface area contributed by atoms with E-state index in [4.69, 9.17) is 5.11 Å². The Morgan fingerprint density at radius 2 is 2.00 bits per heavy atom. The van der Waals surface area contributed by atoms with Crippen LogP contribution in [0, 0.1) is 6.45 Å². The number of fused-ring (bicyclic) bond motifs is 1. The summed E-state index contributed by atoms with van der Waals surface area (Å²) in [6.45, 7) is 0. The third-order valence-corrected chi connectivity index (χ3v) is 4.35. The first-order valence-electron chi connectivity index (χ1n) is 3.70. The lowest BCUT2D eigenvalue weighted by atomic mass is 10.2. The zero-order chi connectivity index (χ0) is 10.3. The van der Waals surface area contributed by atoms with Gasteiger partial charge in [0.15, 0.2) is 0 Å². The Balaban J connectivity index is 2.85. The second-order valence-electron chi connectivity index (χ2n) is 2.73. The maximum absolute atomic E-state index is 11.0. The number of benzene rings is 1. The van der Waals surface area contributed by atoms with Crippen LogP contribution in [-0.2, 0) is 0 Å². The third kappa shape index (κ3) is 1.89. The standard InChI is InChI=1S/C9H4I2O2S/c10-5-1-4-2-7(11)14-8(4)6(3-5)9(12)13/h1-3H,(H,12,13). The van der Waals surface area contributed by atoms with Crippen LogP contribution in [0.4, 0.5) is 0 Å². The van der Waals surface area contributed by atoms with Crippen LogP contribution < -0.4 is 0 Å². The molecule has 1 aromatic carbocycles. The van der Waals surface area contributed by atoms with Crippen molar-refractivity contribution in [2.24, 2.45) is 0 Å². The fourth-order valence-corrected chi connectivity index (χ4v) is 3.76. The number of rotatable bonds is 1. The summed E-state index contributed by atoms with van der Waals surface area (Å²) in [4.78, 5) is 11.0. The number of carbonyl (C=O) groups is 1. The molecule has 1 heterocycles. The molecule has 1 N–H and O–H groups in total. The molecule has 72 valence electrons. The highest BCUT2D eigenvalue weighted by molar-refractivity contribution is 14.1. The van der Waals surface area contributed by atoms with Crippen molar-refractivity contribution in [3.8, 4) is 0 Å². The minimum Gasteiger partial charge on any atom is -0.478 e. The Kier molecular flexibility index (Phi) is 2.98. The van der Waals surface area contributed by atoms with Crippen LogP contribution in [0.1, 0.15) is 10.4 Å². The molecule has 0 radical (unpaired) electrons. The van der Waals surface area contributed by atoms with Gasteiger partial charge in [0.1, 0.15) is 0 Å². The van der Waals surface area contributed by atoms with Crippen molar-refractivity contribution < 1.29 is 9.90 Å². The predicted octanol–water partition coefficient (Wildman–Crippen LogP) is 3.81. The molecule has 0 aliphatic rings. The Morgan fingerprint density at radius 1 is 1.29 bits per heavy atom. The van der Waals surface area contributed by atoms with Crippen molar-refractivity contribution in [1.82, 2.24) is 0 Å². The highest BCUT2D eigenvalue weighted by Crippen LogP contribution is 2.31. The maximum atomic E-state index is 11.0. The zero-order valence-electron chi connectivity index (χ0n) is 6.75. The largest absolute Gasteiger partial charge is 0.478 e. The quantitative estimate of drug-likeness (QED) is 0.700. The lowest BCUT2D eigenvalue weighted by Gasteiger charge is -1.97. The molecule has 14 heavy (non-hydrogen) atoms. The van der Waals surface area contributed by atoms with Gasteiger partial charge in [0, 0.05) is 8.27 Å². The monoisotopic (exact) mass is 430 g/mol. The molecule has 0 unspecified atom stereocenters. The van der Waals surface area contributed by atoms with Crippen molar-refractivity contribution in [3.05, 3.63) is 30.2 Å². The molecule has 0 saturated heterocycles. The van der Waals surface area contributed by atoms with Gasteiger partial charge >= 0.3 is 5.97 Å². The van der Waals surface area contributed by atoms with E-state index in [1.807, 2.05) is 12.1 Å². The van der Waals surface area contributed by atoms with E-state index in [9.17, 15) is 4.79 Å². The van der Waals surface area contributed by atoms with E-state index in [2.05, 4.69) is 45.2 Å². The van der Waals surface area contributed by atoms with Crippen molar-refractivity contribution in [2.75, 3.05) is 0 Å². The molecule has 0 amide bonds. The smallest absolute Gasteiger partial charge is 0.337 e. The third-order valence-electron chi connectivity index (χ3n) is 1.78. The first-order chi connectivity index (χ1) is 6.58. The van der Waals surface area contributed by atoms with E-state index in [0.717, 1.165) is 16.5 Å². The molecule has 0 aliphatic carbocycles. The van der Waals surface area contributed by atoms with Gasteiger partial charge in [0.05, 0.1) is 8.45 Å². The van der Waals surface area contributed by atoms with Gasteiger partial charge in [-0.25, -0.2) is 4.79 Å². The van der Waals surface area contributed by atoms with Crippen molar-refractivity contribution in [3.63, 3.8) is 0 Å². The number of thiophene rings is 1. The van der Waals surface area contributed by atoms with Crippen LogP contribution in [0.25, 0.3) is 10.1 Å². The van der Waals surface area contributed by atoms with E-state index < -0.39 is 5.97 Å². The van der Waals surface area contributed by atoms with Crippen LogP contribution in [0.15, 0.2) is 18.2 Å². The zero-order valence-corrected chi connectivity index (χ0v) is 11.9. The molecule has 0 spiro atoms. The van der Waals surface area contributed by atoms with E-state index >= 15 is 0 Å². The average Bonchev–Trinajstić information content (AvgIpc) is 2.42. The van der Waals surface area contributed by atoms with Gasteiger partial charge < -0.3 is 5.11 Å². The number of aromatic carboxylic acids is 1. The summed E-state index contributed by atoms with van der Waals surface area (Å²) in [6.07, 6.45) is 0. The molecule has 2 nitrogen and oxygen atoms in total. The number of hydrogen-bond donors (Lipinski definition) is 1. The summed E-state index contributed by atoms with van der Waals surface area (Å²) in [7, 11) is 0. The molecule has 0 aliphatic heterocycles. The highest BCUT2D eigenvalue weighted by atomic mass is 127. The number of hydrogen-bond acceptors (Lipinski definition) is 2. The molecule has 2 rings (SSSR count). The minimum absolute atomic E-state index is 0.403. The first-order valence-corrected chi connectivity index (χ1v) is 6.67. The van der Waals surface area contributed by atoms with Crippen molar-refractivity contribution >= 4 is 72.6 Å². The van der Waals surface area contributed by atoms with E-state index in [1.165, 1.54) is 11.3 Å². The Hall–Kier alpha value is 0.110. The van der Waals surface area contributed by atoms with Crippen molar-refractivity contribution in [1.29, 1.82) is 0 Å². The SMILES string of the molecule is O=C(O)c1cc(I)cc2cc(I)sc12. The van der Waals surface area contributed by atoms with Crippen LogP contribution in [0.3, 0.4) is 0 Å². The number of carboxylic acid groups (broad SMARTS) is 1. The molecular weight excluding hydrogens is 426 g/mol. The Morgan fingerprint density at radius 3 is 2.64 bits per heavy atom. The summed E-state index contributed by atoms with van der Waals surface area (Å²) in [5.74, 6) is -0.855. The summed E-state index contributed by atoms with van der Waals surface area (Å²) in [5.41, 5.74) is 0.403. The molecule has 0 fully saturated rings. The molecule has 5 heteroatoms. The summed E-state index contributed by atoms with van der Waals surface area (Å²) >= 11 is 5.86. The second kappa shape index (κ2) is 3.93. The molecule has 1 aromatic heterocycles. The minimum atomic E-state index is -0.855. The average molecular weight is 430 g/mol. The predicted molar refractivity (Wildman–Crippen MR) is 74.2 cm³/mol. The van der Waals surface area contributed by atoms with Crippen LogP contribution in [0.2, 0.25) is 0 Å². The number of carboxylic acids is 1. The fraction of sp³-hybridized carbons (Fsp3) is 0. The Bertz CT molecular complexity index is 519. The van der Waals surface area contributed by atoms with Gasteiger partial charge in [0.2, 0.25) is 0 Å². The molecular formula is C9H4I2O2S. The lowest BCUT2D eigenvalue weighted by molar-refractivity contribution is 0.0699. The van der Waals surface area contributed by atoms with E-state index in [1.54, 1.807) is 6.07 Å². The van der Waals surface area contributed by atoms with E-state index in [0.29, 0.717) is 5.56 Å². The van der Waals surface area contributed by atoms with Crippen LogP contribution in [0.5, 0.6) is 0 Å². The topological polar surface area (TPSA) is 37.3 Å².